The topological polar surface area (TPSA) is 113 Å². The van der Waals surface area contributed by atoms with E-state index in [1.54, 1.807) is 0 Å². The van der Waals surface area contributed by atoms with Crippen molar-refractivity contribution >= 4 is 10.0 Å². The molecule has 1 heterocycles. The predicted octanol–water partition coefficient (Wildman–Crippen LogP) is -0.687. The van der Waals surface area contributed by atoms with Crippen molar-refractivity contribution in [1.82, 2.24) is 9.88 Å². The Balaban J connectivity index is 3.14. The van der Waals surface area contributed by atoms with Crippen molar-refractivity contribution < 1.29 is 23.2 Å². The summed E-state index contributed by atoms with van der Waals surface area (Å²) in [7, 11) is -3.89. The van der Waals surface area contributed by atoms with Crippen LogP contribution in [0, 0.1) is 13.8 Å². The molecule has 0 unspecified atom stereocenters. The van der Waals surface area contributed by atoms with Crippen molar-refractivity contribution in [2.75, 3.05) is 13.2 Å². The molecule has 3 N–H and O–H groups in total. The summed E-state index contributed by atoms with van der Waals surface area (Å²) in [5, 5.41) is 21.7. The van der Waals surface area contributed by atoms with E-state index in [9.17, 15) is 8.42 Å². The number of aryl methyl sites for hydroxylation is 2. The van der Waals surface area contributed by atoms with E-state index in [1.807, 2.05) is 0 Å². The second kappa shape index (κ2) is 4.73. The minimum Gasteiger partial charge on any atom is -0.394 e. The van der Waals surface area contributed by atoms with Crippen LogP contribution in [-0.2, 0) is 10.0 Å². The van der Waals surface area contributed by atoms with Gasteiger partial charge in [-0.05, 0) is 20.8 Å². The highest BCUT2D eigenvalue weighted by atomic mass is 32.2. The lowest BCUT2D eigenvalue weighted by molar-refractivity contribution is 0.121. The Labute approximate surface area is 99.5 Å². The molecule has 17 heavy (non-hydrogen) atoms. The first-order valence-corrected chi connectivity index (χ1v) is 6.42. The van der Waals surface area contributed by atoms with Gasteiger partial charge in [-0.3, -0.25) is 0 Å². The number of aliphatic hydroxyl groups excluding tert-OH is 2. The van der Waals surface area contributed by atoms with Gasteiger partial charge < -0.3 is 14.7 Å². The summed E-state index contributed by atoms with van der Waals surface area (Å²) in [6.07, 6.45) is 0. The first kappa shape index (κ1) is 14.1. The summed E-state index contributed by atoms with van der Waals surface area (Å²) >= 11 is 0. The maximum absolute atomic E-state index is 12.0. The van der Waals surface area contributed by atoms with Gasteiger partial charge in [0.1, 0.15) is 10.6 Å². The molecule has 8 heteroatoms. The van der Waals surface area contributed by atoms with Crippen LogP contribution < -0.4 is 4.72 Å². The molecule has 0 amide bonds. The van der Waals surface area contributed by atoms with Gasteiger partial charge in [0.05, 0.1) is 18.8 Å². The van der Waals surface area contributed by atoms with Gasteiger partial charge in [0.15, 0.2) is 5.76 Å². The Morgan fingerprint density at radius 1 is 1.35 bits per heavy atom. The molecule has 98 valence electrons. The van der Waals surface area contributed by atoms with Crippen molar-refractivity contribution in [3.8, 4) is 0 Å². The minimum atomic E-state index is -3.89. The van der Waals surface area contributed by atoms with Gasteiger partial charge in [-0.25, -0.2) is 13.1 Å². The quantitative estimate of drug-likeness (QED) is 0.649. The van der Waals surface area contributed by atoms with Crippen molar-refractivity contribution in [3.63, 3.8) is 0 Å². The second-order valence-corrected chi connectivity index (χ2v) is 5.75. The number of rotatable bonds is 5. The van der Waals surface area contributed by atoms with Gasteiger partial charge in [-0.2, -0.15) is 0 Å². The Morgan fingerprint density at radius 2 is 1.88 bits per heavy atom. The highest BCUT2D eigenvalue weighted by Crippen LogP contribution is 2.20. The third-order valence-corrected chi connectivity index (χ3v) is 4.20. The largest absolute Gasteiger partial charge is 0.394 e. The number of hydrogen-bond donors (Lipinski definition) is 3. The van der Waals surface area contributed by atoms with Crippen LogP contribution >= 0.6 is 0 Å². The summed E-state index contributed by atoms with van der Waals surface area (Å²) < 4.78 is 31.1. The van der Waals surface area contributed by atoms with Crippen molar-refractivity contribution in [1.29, 1.82) is 0 Å². The van der Waals surface area contributed by atoms with Gasteiger partial charge in [0, 0.05) is 0 Å². The lowest BCUT2D eigenvalue weighted by Gasteiger charge is -2.25. The Bertz CT molecular complexity index is 470. The fourth-order valence-electron chi connectivity index (χ4n) is 1.35. The highest BCUT2D eigenvalue weighted by molar-refractivity contribution is 7.89. The van der Waals surface area contributed by atoms with E-state index >= 15 is 0 Å². The molecule has 7 nitrogen and oxygen atoms in total. The van der Waals surface area contributed by atoms with E-state index in [4.69, 9.17) is 14.7 Å². The van der Waals surface area contributed by atoms with Crippen molar-refractivity contribution in [3.05, 3.63) is 11.5 Å². The van der Waals surface area contributed by atoms with Crippen LogP contribution in [0.4, 0.5) is 0 Å². The Morgan fingerprint density at radius 3 is 2.24 bits per heavy atom. The van der Waals surface area contributed by atoms with Gasteiger partial charge in [-0.15, -0.1) is 0 Å². The number of nitrogens with one attached hydrogen (secondary N) is 1. The van der Waals surface area contributed by atoms with Crippen LogP contribution in [0.2, 0.25) is 0 Å². The first-order valence-electron chi connectivity index (χ1n) is 4.94. The van der Waals surface area contributed by atoms with Crippen LogP contribution in [0.5, 0.6) is 0 Å². The SMILES string of the molecule is Cc1noc(C)c1S(=O)(=O)NC(C)(CO)CO. The number of sulfonamides is 1. The molecule has 1 aromatic rings. The Kier molecular flexibility index (Phi) is 3.92. The molecule has 0 fully saturated rings. The predicted molar refractivity (Wildman–Crippen MR) is 58.9 cm³/mol. The third-order valence-electron chi connectivity index (χ3n) is 2.32. The number of aliphatic hydroxyl groups is 2. The van der Waals surface area contributed by atoms with Gasteiger partial charge in [-0.1, -0.05) is 5.16 Å². The van der Waals surface area contributed by atoms with Crippen molar-refractivity contribution in [2.45, 2.75) is 31.2 Å². The van der Waals surface area contributed by atoms with E-state index in [0.29, 0.717) is 0 Å². The molecule has 0 aliphatic rings. The summed E-state index contributed by atoms with van der Waals surface area (Å²) in [6, 6.07) is 0. The zero-order chi connectivity index (χ0) is 13.3. The Hall–Kier alpha value is -0.960. The highest BCUT2D eigenvalue weighted by Gasteiger charge is 2.33. The van der Waals surface area contributed by atoms with Gasteiger partial charge in [0.25, 0.3) is 0 Å². The standard InChI is InChI=1S/C9H16N2O5S/c1-6-8(7(2)16-10-6)17(14,15)11-9(3,4-12)5-13/h11-13H,4-5H2,1-3H3. The zero-order valence-corrected chi connectivity index (χ0v) is 10.7. The molecule has 0 radical (unpaired) electrons. The second-order valence-electron chi connectivity index (χ2n) is 4.14. The normalized spacial score (nSPS) is 13.0. The van der Waals surface area contributed by atoms with Crippen LogP contribution in [0.25, 0.3) is 0 Å². The molecule has 0 spiro atoms. The first-order chi connectivity index (χ1) is 7.75. The lowest BCUT2D eigenvalue weighted by atomic mass is 10.1. The lowest BCUT2D eigenvalue weighted by Crippen LogP contribution is -2.51. The fourth-order valence-corrected chi connectivity index (χ4v) is 3.07. The summed E-state index contributed by atoms with van der Waals surface area (Å²) in [6.45, 7) is 3.32. The van der Waals surface area contributed by atoms with E-state index < -0.39 is 28.8 Å². The molecule has 0 bridgehead atoms. The number of nitrogens with zero attached hydrogens (tertiary/aromatic N) is 1. The minimum absolute atomic E-state index is 0.0642. The van der Waals surface area contributed by atoms with Gasteiger partial charge >= 0.3 is 0 Å². The smallest absolute Gasteiger partial charge is 0.246 e. The van der Waals surface area contributed by atoms with Crippen LogP contribution in [0.1, 0.15) is 18.4 Å². The van der Waals surface area contributed by atoms with Crippen molar-refractivity contribution in [2.24, 2.45) is 0 Å². The molecule has 0 saturated carbocycles. The van der Waals surface area contributed by atoms with E-state index in [0.717, 1.165) is 0 Å². The average molecular weight is 264 g/mol. The van der Waals surface area contributed by atoms with E-state index in [2.05, 4.69) is 9.88 Å². The van der Waals surface area contributed by atoms with Crippen LogP contribution in [0.3, 0.4) is 0 Å². The maximum Gasteiger partial charge on any atom is 0.246 e. The molecule has 0 aliphatic heterocycles. The number of aromatic nitrogens is 1. The zero-order valence-electron chi connectivity index (χ0n) is 9.89. The summed E-state index contributed by atoms with van der Waals surface area (Å²) in [4.78, 5) is -0.0642. The molecule has 0 aliphatic carbocycles. The molecular formula is C9H16N2O5S. The molecule has 0 atom stereocenters. The van der Waals surface area contributed by atoms with E-state index in [1.165, 1.54) is 20.8 Å². The average Bonchev–Trinajstić information content (AvgIpc) is 2.58. The molecule has 1 aromatic heterocycles. The van der Waals surface area contributed by atoms with Gasteiger partial charge in [0.2, 0.25) is 10.0 Å². The van der Waals surface area contributed by atoms with Crippen LogP contribution in [0.15, 0.2) is 9.42 Å². The maximum atomic E-state index is 12.0. The third kappa shape index (κ3) is 2.83. The molecule has 0 saturated heterocycles. The van der Waals surface area contributed by atoms with Crippen LogP contribution in [-0.4, -0.2) is 42.5 Å². The van der Waals surface area contributed by atoms with E-state index in [-0.39, 0.29) is 16.3 Å². The monoisotopic (exact) mass is 264 g/mol. The fraction of sp³-hybridized carbons (Fsp3) is 0.667. The molecule has 1 rings (SSSR count). The number of hydrogen-bond acceptors (Lipinski definition) is 6. The summed E-state index contributed by atoms with van der Waals surface area (Å²) in [5.74, 6) is 0.160. The molecular weight excluding hydrogens is 248 g/mol. The molecule has 0 aromatic carbocycles. The summed E-state index contributed by atoms with van der Waals surface area (Å²) in [5.41, 5.74) is -1.09.